The average molecular weight is 503 g/mol. The van der Waals surface area contributed by atoms with Crippen LogP contribution in [0.15, 0.2) is 30.7 Å². The van der Waals surface area contributed by atoms with Gasteiger partial charge in [0.2, 0.25) is 5.88 Å². The van der Waals surface area contributed by atoms with E-state index in [4.69, 9.17) is 5.11 Å². The summed E-state index contributed by atoms with van der Waals surface area (Å²) in [5.74, 6) is -1.45. The topological polar surface area (TPSA) is 163 Å². The van der Waals surface area contributed by atoms with Gasteiger partial charge in [0.05, 0.1) is 35.9 Å². The molecule has 0 unspecified atom stereocenters. The summed E-state index contributed by atoms with van der Waals surface area (Å²) in [5.41, 5.74) is 0.0520. The molecule has 1 aliphatic rings. The lowest BCUT2D eigenvalue weighted by atomic mass is 9.90. The molecule has 188 valence electrons. The number of hydrogen-bond acceptors (Lipinski definition) is 9. The molecule has 3 heterocycles. The van der Waals surface area contributed by atoms with Gasteiger partial charge in [0.1, 0.15) is 11.8 Å². The highest BCUT2D eigenvalue weighted by atomic mass is 19.3. The zero-order valence-corrected chi connectivity index (χ0v) is 18.5. The number of carboxylic acid groups (broad SMARTS) is 1. The molecular formula is C21H20F3N9O3. The van der Waals surface area contributed by atoms with Crippen LogP contribution in [-0.4, -0.2) is 54.9 Å². The number of amides is 1. The quantitative estimate of drug-likeness (QED) is 0.358. The van der Waals surface area contributed by atoms with Gasteiger partial charge in [0, 0.05) is 6.04 Å². The van der Waals surface area contributed by atoms with Crippen LogP contribution in [0.25, 0.3) is 5.69 Å². The first-order valence-electron chi connectivity index (χ1n) is 10.8. The van der Waals surface area contributed by atoms with E-state index in [0.717, 1.165) is 29.9 Å². The Balaban J connectivity index is 1.63. The van der Waals surface area contributed by atoms with Crippen LogP contribution < -0.4 is 20.7 Å². The van der Waals surface area contributed by atoms with E-state index < -0.39 is 36.5 Å². The molecule has 0 radical (unpaired) electrons. The molecule has 3 aromatic heterocycles. The molecule has 36 heavy (non-hydrogen) atoms. The first kappa shape index (κ1) is 24.5. The summed E-state index contributed by atoms with van der Waals surface area (Å²) < 4.78 is 44.8. The highest BCUT2D eigenvalue weighted by Gasteiger charge is 2.28. The molecule has 2 atom stereocenters. The van der Waals surface area contributed by atoms with Gasteiger partial charge in [-0.05, 0) is 25.0 Å². The standard InChI is InChI=1S/C21H20F3N9O3/c22-13-7-11(9-25)17(32-18(13)30-14-3-1-2-4-15(14)31-21(34)35)29-12-8-16(33-27-5-6-28-33)19(26-10-12)36-20(23)24/h5-8,10,14-15,20,31H,1-4H2,(H,34,35)(H2,29,30,32)/t14-,15+/m1/s1. The minimum atomic E-state index is -3.14. The molecular weight excluding hydrogens is 483 g/mol. The molecule has 0 aliphatic heterocycles. The number of carbonyl (C=O) groups is 1. The Bertz CT molecular complexity index is 1270. The van der Waals surface area contributed by atoms with Crippen molar-refractivity contribution >= 4 is 23.4 Å². The lowest BCUT2D eigenvalue weighted by Crippen LogP contribution is -2.48. The molecule has 4 N–H and O–H groups in total. The normalized spacial score (nSPS) is 17.3. The molecule has 1 aliphatic carbocycles. The van der Waals surface area contributed by atoms with Crippen molar-refractivity contribution in [3.8, 4) is 17.6 Å². The fourth-order valence-corrected chi connectivity index (χ4v) is 3.89. The SMILES string of the molecule is N#Cc1cc(F)c(N[C@@H]2CCCC[C@@H]2NC(=O)O)nc1Nc1cnc(OC(F)F)c(-n2nccn2)c1. The van der Waals surface area contributed by atoms with E-state index >= 15 is 0 Å². The zero-order valence-electron chi connectivity index (χ0n) is 18.5. The van der Waals surface area contributed by atoms with Crippen molar-refractivity contribution in [3.05, 3.63) is 42.1 Å². The number of anilines is 3. The van der Waals surface area contributed by atoms with Crippen LogP contribution in [0.5, 0.6) is 5.88 Å². The Morgan fingerprint density at radius 2 is 1.92 bits per heavy atom. The molecule has 12 nitrogen and oxygen atoms in total. The fourth-order valence-electron chi connectivity index (χ4n) is 3.89. The van der Waals surface area contributed by atoms with Gasteiger partial charge in [-0.2, -0.15) is 24.2 Å². The maximum absolute atomic E-state index is 14.8. The average Bonchev–Trinajstić information content (AvgIpc) is 3.37. The van der Waals surface area contributed by atoms with E-state index in [2.05, 4.69) is 40.9 Å². The molecule has 15 heteroatoms. The first-order chi connectivity index (χ1) is 17.3. The third kappa shape index (κ3) is 5.71. The van der Waals surface area contributed by atoms with Gasteiger partial charge in [-0.3, -0.25) is 0 Å². The maximum atomic E-state index is 14.8. The van der Waals surface area contributed by atoms with Crippen LogP contribution >= 0.6 is 0 Å². The minimum absolute atomic E-state index is 0.0194. The molecule has 0 spiro atoms. The van der Waals surface area contributed by atoms with Gasteiger partial charge >= 0.3 is 12.7 Å². The number of pyridine rings is 2. The Kier molecular flexibility index (Phi) is 7.33. The van der Waals surface area contributed by atoms with Gasteiger partial charge in [0.15, 0.2) is 17.5 Å². The molecule has 1 saturated carbocycles. The largest absolute Gasteiger partial charge is 0.465 e. The highest BCUT2D eigenvalue weighted by molar-refractivity contribution is 5.67. The highest BCUT2D eigenvalue weighted by Crippen LogP contribution is 2.29. The summed E-state index contributed by atoms with van der Waals surface area (Å²) in [6.45, 7) is -3.14. The molecule has 1 amide bonds. The van der Waals surface area contributed by atoms with Crippen LogP contribution in [0, 0.1) is 17.1 Å². The molecule has 4 rings (SSSR count). The van der Waals surface area contributed by atoms with E-state index in [1.165, 1.54) is 18.5 Å². The number of alkyl halides is 2. The molecule has 0 saturated heterocycles. The van der Waals surface area contributed by atoms with Crippen LogP contribution in [0.2, 0.25) is 0 Å². The minimum Gasteiger partial charge on any atom is -0.465 e. The van der Waals surface area contributed by atoms with Gasteiger partial charge < -0.3 is 25.8 Å². The predicted octanol–water partition coefficient (Wildman–Crippen LogP) is 3.40. The predicted molar refractivity (Wildman–Crippen MR) is 119 cm³/mol. The lowest BCUT2D eigenvalue weighted by molar-refractivity contribution is -0.0529. The summed E-state index contributed by atoms with van der Waals surface area (Å²) in [5, 5.41) is 34.6. The van der Waals surface area contributed by atoms with Crippen molar-refractivity contribution in [2.75, 3.05) is 10.6 Å². The Morgan fingerprint density at radius 1 is 1.19 bits per heavy atom. The molecule has 0 bridgehead atoms. The monoisotopic (exact) mass is 503 g/mol. The zero-order chi connectivity index (χ0) is 25.7. The number of rotatable bonds is 8. The third-order valence-corrected chi connectivity index (χ3v) is 5.42. The van der Waals surface area contributed by atoms with Crippen molar-refractivity contribution in [2.45, 2.75) is 44.4 Å². The van der Waals surface area contributed by atoms with Crippen LogP contribution in [0.3, 0.4) is 0 Å². The van der Waals surface area contributed by atoms with Crippen molar-refractivity contribution in [2.24, 2.45) is 0 Å². The Labute approximate surface area is 202 Å². The molecule has 1 fully saturated rings. The van der Waals surface area contributed by atoms with Gasteiger partial charge in [-0.25, -0.2) is 19.2 Å². The summed E-state index contributed by atoms with van der Waals surface area (Å²) in [6, 6.07) is 3.32. The number of aromatic nitrogens is 5. The fraction of sp³-hybridized carbons (Fsp3) is 0.333. The maximum Gasteiger partial charge on any atom is 0.404 e. The molecule has 3 aromatic rings. The van der Waals surface area contributed by atoms with E-state index in [1.54, 1.807) is 0 Å². The third-order valence-electron chi connectivity index (χ3n) is 5.42. The van der Waals surface area contributed by atoms with Crippen molar-refractivity contribution in [1.29, 1.82) is 5.26 Å². The van der Waals surface area contributed by atoms with Crippen molar-refractivity contribution in [1.82, 2.24) is 30.3 Å². The number of halogens is 3. The first-order valence-corrected chi connectivity index (χ1v) is 10.8. The van der Waals surface area contributed by atoms with Crippen LogP contribution in [-0.2, 0) is 0 Å². The Hall–Kier alpha value is -4.61. The van der Waals surface area contributed by atoms with E-state index in [-0.39, 0.29) is 28.6 Å². The van der Waals surface area contributed by atoms with Gasteiger partial charge in [0.25, 0.3) is 0 Å². The summed E-state index contributed by atoms with van der Waals surface area (Å²) in [6.07, 6.45) is 5.46. The smallest absolute Gasteiger partial charge is 0.404 e. The van der Waals surface area contributed by atoms with E-state index in [0.29, 0.717) is 12.8 Å². The second kappa shape index (κ2) is 10.8. The van der Waals surface area contributed by atoms with E-state index in [1.807, 2.05) is 6.07 Å². The van der Waals surface area contributed by atoms with Crippen molar-refractivity contribution < 1.29 is 27.8 Å². The van der Waals surface area contributed by atoms with Crippen LogP contribution in [0.1, 0.15) is 31.2 Å². The summed E-state index contributed by atoms with van der Waals surface area (Å²) >= 11 is 0. The Morgan fingerprint density at radius 3 is 2.58 bits per heavy atom. The van der Waals surface area contributed by atoms with Crippen LogP contribution in [0.4, 0.5) is 35.3 Å². The number of nitrogens with one attached hydrogen (secondary N) is 3. The lowest BCUT2D eigenvalue weighted by Gasteiger charge is -2.32. The van der Waals surface area contributed by atoms with Gasteiger partial charge in [-0.1, -0.05) is 12.8 Å². The van der Waals surface area contributed by atoms with E-state index in [9.17, 15) is 23.2 Å². The van der Waals surface area contributed by atoms with Crippen molar-refractivity contribution in [3.63, 3.8) is 0 Å². The summed E-state index contributed by atoms with van der Waals surface area (Å²) in [7, 11) is 0. The second-order valence-electron chi connectivity index (χ2n) is 7.79. The number of nitriles is 1. The summed E-state index contributed by atoms with van der Waals surface area (Å²) in [4.78, 5) is 20.2. The number of hydrogen-bond donors (Lipinski definition) is 4. The second-order valence-corrected chi connectivity index (χ2v) is 7.79. The number of nitrogens with zero attached hydrogens (tertiary/aromatic N) is 6. The number of ether oxygens (including phenoxy) is 1. The molecule has 0 aromatic carbocycles. The van der Waals surface area contributed by atoms with Gasteiger partial charge in [-0.15, -0.1) is 4.80 Å².